The highest BCUT2D eigenvalue weighted by Gasteiger charge is 2.12. The van der Waals surface area contributed by atoms with E-state index in [0.29, 0.717) is 30.9 Å². The molecular formula is C22H26N2O3. The topological polar surface area (TPSA) is 58.6 Å². The largest absolute Gasteiger partial charge is 0.493 e. The highest BCUT2D eigenvalue weighted by atomic mass is 16.5. The number of nitrogens with zero attached hydrogens (tertiary/aromatic N) is 1. The molecular weight excluding hydrogens is 340 g/mol. The van der Waals surface area contributed by atoms with E-state index in [4.69, 9.17) is 4.74 Å². The van der Waals surface area contributed by atoms with Crippen LogP contribution in [0.5, 0.6) is 5.75 Å². The van der Waals surface area contributed by atoms with E-state index >= 15 is 0 Å². The van der Waals surface area contributed by atoms with Crippen molar-refractivity contribution in [2.24, 2.45) is 0 Å². The number of rotatable bonds is 8. The van der Waals surface area contributed by atoms with Crippen LogP contribution in [0.15, 0.2) is 54.6 Å². The lowest BCUT2D eigenvalue weighted by molar-refractivity contribution is -0.111. The van der Waals surface area contributed by atoms with E-state index in [1.807, 2.05) is 45.0 Å². The van der Waals surface area contributed by atoms with Crippen molar-refractivity contribution in [1.29, 1.82) is 0 Å². The van der Waals surface area contributed by atoms with Crippen molar-refractivity contribution in [3.63, 3.8) is 0 Å². The Bertz CT molecular complexity index is 811. The number of carbonyl (C=O) groups is 2. The molecule has 0 spiro atoms. The van der Waals surface area contributed by atoms with Crippen molar-refractivity contribution in [2.75, 3.05) is 25.0 Å². The van der Waals surface area contributed by atoms with Crippen molar-refractivity contribution in [3.05, 3.63) is 65.7 Å². The molecule has 0 unspecified atom stereocenters. The third-order valence-electron chi connectivity index (χ3n) is 4.06. The molecule has 0 aliphatic carbocycles. The van der Waals surface area contributed by atoms with Crippen LogP contribution in [0.1, 0.15) is 36.7 Å². The first-order valence-electron chi connectivity index (χ1n) is 9.19. The summed E-state index contributed by atoms with van der Waals surface area (Å²) in [5.41, 5.74) is 1.97. The van der Waals surface area contributed by atoms with Crippen molar-refractivity contribution in [3.8, 4) is 5.75 Å². The Morgan fingerprint density at radius 2 is 1.78 bits per heavy atom. The molecule has 0 saturated heterocycles. The van der Waals surface area contributed by atoms with Crippen LogP contribution in [0.3, 0.4) is 0 Å². The molecule has 2 aromatic carbocycles. The minimum Gasteiger partial charge on any atom is -0.493 e. The summed E-state index contributed by atoms with van der Waals surface area (Å²) in [7, 11) is 0. The average molecular weight is 366 g/mol. The van der Waals surface area contributed by atoms with E-state index in [2.05, 4.69) is 5.32 Å². The molecule has 5 heteroatoms. The zero-order valence-electron chi connectivity index (χ0n) is 16.1. The second kappa shape index (κ2) is 10.2. The summed E-state index contributed by atoms with van der Waals surface area (Å²) in [4.78, 5) is 26.4. The molecule has 0 aliphatic rings. The van der Waals surface area contributed by atoms with Crippen molar-refractivity contribution in [2.45, 2.75) is 20.8 Å². The van der Waals surface area contributed by atoms with Crippen molar-refractivity contribution >= 4 is 23.6 Å². The fraction of sp³-hybridized carbons (Fsp3) is 0.273. The molecule has 2 rings (SSSR count). The van der Waals surface area contributed by atoms with Gasteiger partial charge in [0, 0.05) is 36.0 Å². The molecule has 0 fully saturated rings. The van der Waals surface area contributed by atoms with E-state index in [9.17, 15) is 9.59 Å². The number of carbonyl (C=O) groups excluding carboxylic acids is 2. The van der Waals surface area contributed by atoms with Crippen LogP contribution in [0.4, 0.5) is 5.69 Å². The van der Waals surface area contributed by atoms with E-state index < -0.39 is 0 Å². The van der Waals surface area contributed by atoms with Gasteiger partial charge in [-0.3, -0.25) is 9.59 Å². The smallest absolute Gasteiger partial charge is 0.253 e. The Kier molecular flexibility index (Phi) is 7.62. The van der Waals surface area contributed by atoms with Crippen LogP contribution < -0.4 is 10.1 Å². The van der Waals surface area contributed by atoms with Gasteiger partial charge in [-0.2, -0.15) is 0 Å². The maximum absolute atomic E-state index is 12.4. The van der Waals surface area contributed by atoms with E-state index in [1.165, 1.54) is 6.08 Å². The van der Waals surface area contributed by atoms with E-state index in [1.54, 1.807) is 35.2 Å². The first-order valence-corrected chi connectivity index (χ1v) is 9.19. The van der Waals surface area contributed by atoms with Gasteiger partial charge in [0.2, 0.25) is 5.91 Å². The second-order valence-electron chi connectivity index (χ2n) is 5.85. The third kappa shape index (κ3) is 5.71. The number of nitrogens with one attached hydrogen (secondary N) is 1. The summed E-state index contributed by atoms with van der Waals surface area (Å²) in [5, 5.41) is 2.80. The molecule has 2 amide bonds. The van der Waals surface area contributed by atoms with Crippen molar-refractivity contribution in [1.82, 2.24) is 4.90 Å². The van der Waals surface area contributed by atoms with E-state index in [-0.39, 0.29) is 11.8 Å². The van der Waals surface area contributed by atoms with Gasteiger partial charge >= 0.3 is 0 Å². The summed E-state index contributed by atoms with van der Waals surface area (Å²) in [5.74, 6) is 0.418. The SMILES string of the molecule is CCOc1ccccc1C=CC(=O)Nc1cccc(C(=O)N(CC)CC)c1. The molecule has 0 radical (unpaired) electrons. The van der Waals surface area contributed by atoms with Crippen LogP contribution in [-0.2, 0) is 4.79 Å². The molecule has 0 saturated carbocycles. The normalized spacial score (nSPS) is 10.6. The first kappa shape index (κ1) is 20.2. The average Bonchev–Trinajstić information content (AvgIpc) is 2.68. The lowest BCUT2D eigenvalue weighted by atomic mass is 10.1. The minimum atomic E-state index is -0.270. The van der Waals surface area contributed by atoms with Gasteiger partial charge in [0.25, 0.3) is 5.91 Å². The Hall–Kier alpha value is -3.08. The molecule has 142 valence electrons. The maximum atomic E-state index is 12.4. The number of hydrogen-bond donors (Lipinski definition) is 1. The van der Waals surface area contributed by atoms with Crippen LogP contribution in [0.2, 0.25) is 0 Å². The van der Waals surface area contributed by atoms with Gasteiger partial charge in [0.1, 0.15) is 5.75 Å². The van der Waals surface area contributed by atoms with Gasteiger partial charge in [-0.15, -0.1) is 0 Å². The number of hydrogen-bond acceptors (Lipinski definition) is 3. The number of anilines is 1. The number of para-hydroxylation sites is 1. The second-order valence-corrected chi connectivity index (χ2v) is 5.85. The minimum absolute atomic E-state index is 0.0442. The van der Waals surface area contributed by atoms with Gasteiger partial charge < -0.3 is 15.0 Å². The summed E-state index contributed by atoms with van der Waals surface area (Å²) < 4.78 is 5.55. The summed E-state index contributed by atoms with van der Waals surface area (Å²) in [6.45, 7) is 7.65. The molecule has 0 atom stereocenters. The van der Waals surface area contributed by atoms with Gasteiger partial charge in [0.05, 0.1) is 6.61 Å². The molecule has 0 heterocycles. The molecule has 27 heavy (non-hydrogen) atoms. The third-order valence-corrected chi connectivity index (χ3v) is 4.06. The first-order chi connectivity index (χ1) is 13.1. The van der Waals surface area contributed by atoms with Gasteiger partial charge in [-0.1, -0.05) is 24.3 Å². The Labute approximate surface area is 160 Å². The maximum Gasteiger partial charge on any atom is 0.253 e. The quantitative estimate of drug-likeness (QED) is 0.712. The predicted molar refractivity (Wildman–Crippen MR) is 109 cm³/mol. The Morgan fingerprint density at radius 3 is 2.48 bits per heavy atom. The van der Waals surface area contributed by atoms with Crippen LogP contribution in [-0.4, -0.2) is 36.4 Å². The summed E-state index contributed by atoms with van der Waals surface area (Å²) in [6, 6.07) is 14.5. The molecule has 0 aliphatic heterocycles. The molecule has 0 bridgehead atoms. The predicted octanol–water partition coefficient (Wildman–Crippen LogP) is 4.22. The fourth-order valence-corrected chi connectivity index (χ4v) is 2.68. The van der Waals surface area contributed by atoms with Crippen LogP contribution >= 0.6 is 0 Å². The Morgan fingerprint density at radius 1 is 1.04 bits per heavy atom. The molecule has 1 N–H and O–H groups in total. The molecule has 2 aromatic rings. The van der Waals surface area contributed by atoms with Crippen LogP contribution in [0.25, 0.3) is 6.08 Å². The highest BCUT2D eigenvalue weighted by Crippen LogP contribution is 2.19. The lowest BCUT2D eigenvalue weighted by Crippen LogP contribution is -2.30. The molecule has 0 aromatic heterocycles. The lowest BCUT2D eigenvalue weighted by Gasteiger charge is -2.18. The van der Waals surface area contributed by atoms with Gasteiger partial charge in [0.15, 0.2) is 0 Å². The standard InChI is InChI=1S/C22H26N2O3/c1-4-24(5-2)22(26)18-11-9-12-19(16-18)23-21(25)15-14-17-10-7-8-13-20(17)27-6-3/h7-16H,4-6H2,1-3H3,(H,23,25). The number of ether oxygens (including phenoxy) is 1. The molecule has 5 nitrogen and oxygen atoms in total. The Balaban J connectivity index is 2.08. The monoisotopic (exact) mass is 366 g/mol. The van der Waals surface area contributed by atoms with Crippen LogP contribution in [0, 0.1) is 0 Å². The van der Waals surface area contributed by atoms with E-state index in [0.717, 1.165) is 11.3 Å². The number of amides is 2. The summed E-state index contributed by atoms with van der Waals surface area (Å²) >= 11 is 0. The van der Waals surface area contributed by atoms with Gasteiger partial charge in [-0.05, 0) is 51.1 Å². The number of benzene rings is 2. The fourth-order valence-electron chi connectivity index (χ4n) is 2.68. The zero-order chi connectivity index (χ0) is 19.6. The zero-order valence-corrected chi connectivity index (χ0v) is 16.1. The van der Waals surface area contributed by atoms with Gasteiger partial charge in [-0.25, -0.2) is 0 Å². The summed E-state index contributed by atoms with van der Waals surface area (Å²) in [6.07, 6.45) is 3.17. The van der Waals surface area contributed by atoms with Crippen molar-refractivity contribution < 1.29 is 14.3 Å². The highest BCUT2D eigenvalue weighted by molar-refractivity contribution is 6.03.